The van der Waals surface area contributed by atoms with Gasteiger partial charge in [-0.3, -0.25) is 20.2 Å². The molecule has 5 saturated heterocycles. The van der Waals surface area contributed by atoms with E-state index < -0.39 is 31.0 Å². The normalized spacial score (nSPS) is 42.3. The number of thioether (sulfide) groups is 1. The summed E-state index contributed by atoms with van der Waals surface area (Å²) in [5, 5.41) is 15.7. The van der Waals surface area contributed by atoms with Crippen LogP contribution in [0.5, 0.6) is 0 Å². The second-order valence-electron chi connectivity index (χ2n) is 12.0. The third-order valence-corrected chi connectivity index (χ3v) is 10.8. The number of fused-ring (bicyclic) bond motifs is 1. The van der Waals surface area contributed by atoms with Crippen LogP contribution in [0.1, 0.15) is 39.0 Å². The highest BCUT2D eigenvalue weighted by molar-refractivity contribution is 8.00. The van der Waals surface area contributed by atoms with Gasteiger partial charge in [-0.05, 0) is 50.9 Å². The minimum absolute atomic E-state index is 0.0110. The molecule has 9 nitrogen and oxygen atoms in total. The number of ether oxygens (including phenoxy) is 1. The Balaban J connectivity index is 1.16. The van der Waals surface area contributed by atoms with Crippen LogP contribution in [-0.4, -0.2) is 110 Å². The van der Waals surface area contributed by atoms with Crippen LogP contribution in [0.2, 0.25) is 0 Å². The molecule has 5 fully saturated rings. The lowest BCUT2D eigenvalue weighted by molar-refractivity contribution is -0.134. The van der Waals surface area contributed by atoms with Gasteiger partial charge in [0.05, 0.1) is 30.1 Å². The number of likely N-dealkylation sites (tertiary alicyclic amines) is 1. The molecule has 0 aromatic heterocycles. The first kappa shape index (κ1) is 30.3. The fourth-order valence-corrected chi connectivity index (χ4v) is 8.70. The van der Waals surface area contributed by atoms with Crippen LogP contribution >= 0.6 is 11.8 Å². The molecular formula is C26H42F4N6O3S. The molecule has 5 heterocycles. The third kappa shape index (κ3) is 6.56. The lowest BCUT2D eigenvalue weighted by Crippen LogP contribution is -2.59. The van der Waals surface area contributed by atoms with E-state index in [-0.39, 0.29) is 64.9 Å². The molecule has 11 unspecified atom stereocenters. The van der Waals surface area contributed by atoms with Crippen molar-refractivity contribution in [2.45, 2.75) is 98.9 Å². The van der Waals surface area contributed by atoms with Crippen LogP contribution in [-0.2, 0) is 14.3 Å². The first-order chi connectivity index (χ1) is 19.1. The number of hydrogen-bond donors (Lipinski definition) is 5. The highest BCUT2D eigenvalue weighted by atomic mass is 32.2. The summed E-state index contributed by atoms with van der Waals surface area (Å²) < 4.78 is 59.1. The molecule has 0 bridgehead atoms. The summed E-state index contributed by atoms with van der Waals surface area (Å²) in [6.07, 6.45) is -2.71. The van der Waals surface area contributed by atoms with Gasteiger partial charge in [-0.1, -0.05) is 0 Å². The van der Waals surface area contributed by atoms with E-state index in [1.54, 1.807) is 23.8 Å². The Morgan fingerprint density at radius 3 is 2.45 bits per heavy atom. The van der Waals surface area contributed by atoms with E-state index >= 15 is 0 Å². The molecule has 0 aliphatic carbocycles. The maximum absolute atomic E-state index is 13.6. The quantitative estimate of drug-likeness (QED) is 0.278. The van der Waals surface area contributed by atoms with Crippen molar-refractivity contribution >= 4 is 23.6 Å². The van der Waals surface area contributed by atoms with Crippen molar-refractivity contribution in [3.8, 4) is 0 Å². The van der Waals surface area contributed by atoms with E-state index in [1.807, 2.05) is 6.92 Å². The molecule has 0 saturated carbocycles. The van der Waals surface area contributed by atoms with E-state index in [2.05, 4.69) is 26.6 Å². The molecular weight excluding hydrogens is 552 g/mol. The highest BCUT2D eigenvalue weighted by Gasteiger charge is 2.48. The number of alkyl halides is 4. The maximum Gasteiger partial charge on any atom is 0.253 e. The van der Waals surface area contributed by atoms with Gasteiger partial charge in [-0.25, -0.2) is 17.6 Å². The SMILES string of the molecule is COC1CNC(C(F)F)CC1C1CC(C)NCC1C(=O)NC1NC2CN(C(=O)C3CCCC(C(F)F)N3)CC2S1. The van der Waals surface area contributed by atoms with E-state index in [0.29, 0.717) is 51.9 Å². The summed E-state index contributed by atoms with van der Waals surface area (Å²) >= 11 is 1.56. The fourth-order valence-electron chi connectivity index (χ4n) is 7.30. The average molecular weight is 595 g/mol. The van der Waals surface area contributed by atoms with Crippen molar-refractivity contribution < 1.29 is 31.9 Å². The summed E-state index contributed by atoms with van der Waals surface area (Å²) in [6.45, 7) is 3.81. The Hall–Kier alpha value is -1.19. The van der Waals surface area contributed by atoms with Gasteiger partial charge in [-0.2, -0.15) is 0 Å². The Labute approximate surface area is 237 Å². The Kier molecular flexibility index (Phi) is 9.83. The maximum atomic E-state index is 13.6. The van der Waals surface area contributed by atoms with Gasteiger partial charge >= 0.3 is 0 Å². The number of methoxy groups -OCH3 is 1. The zero-order valence-electron chi connectivity index (χ0n) is 23.0. The van der Waals surface area contributed by atoms with Gasteiger partial charge in [0.1, 0.15) is 5.50 Å². The fraction of sp³-hybridized carbons (Fsp3) is 0.923. The van der Waals surface area contributed by atoms with Crippen molar-refractivity contribution in [1.29, 1.82) is 0 Å². The third-order valence-electron chi connectivity index (χ3n) is 9.46. The number of rotatable bonds is 7. The smallest absolute Gasteiger partial charge is 0.253 e. The summed E-state index contributed by atoms with van der Waals surface area (Å²) in [5.41, 5.74) is -0.323. The predicted octanol–water partition coefficient (Wildman–Crippen LogP) is 0.950. The molecule has 228 valence electrons. The Bertz CT molecular complexity index is 895. The Morgan fingerprint density at radius 2 is 1.75 bits per heavy atom. The largest absolute Gasteiger partial charge is 0.380 e. The highest BCUT2D eigenvalue weighted by Crippen LogP contribution is 2.39. The number of hydrogen-bond acceptors (Lipinski definition) is 8. The first-order valence-corrected chi connectivity index (χ1v) is 15.4. The van der Waals surface area contributed by atoms with Crippen LogP contribution in [0.25, 0.3) is 0 Å². The van der Waals surface area contributed by atoms with Gasteiger partial charge in [-0.15, -0.1) is 11.8 Å². The number of carbonyl (C=O) groups excluding carboxylic acids is 2. The van der Waals surface area contributed by atoms with Gasteiger partial charge in [0, 0.05) is 50.6 Å². The molecule has 0 spiro atoms. The Morgan fingerprint density at radius 1 is 0.975 bits per heavy atom. The first-order valence-electron chi connectivity index (χ1n) is 14.5. The van der Waals surface area contributed by atoms with Crippen LogP contribution in [0, 0.1) is 17.8 Å². The summed E-state index contributed by atoms with van der Waals surface area (Å²) in [5.74, 6) is -0.884. The van der Waals surface area contributed by atoms with E-state index in [4.69, 9.17) is 4.74 Å². The van der Waals surface area contributed by atoms with E-state index in [0.717, 1.165) is 0 Å². The van der Waals surface area contributed by atoms with Crippen molar-refractivity contribution in [3.63, 3.8) is 0 Å². The van der Waals surface area contributed by atoms with Gasteiger partial charge in [0.2, 0.25) is 11.8 Å². The second-order valence-corrected chi connectivity index (χ2v) is 13.4. The molecule has 40 heavy (non-hydrogen) atoms. The topological polar surface area (TPSA) is 107 Å². The lowest BCUT2D eigenvalue weighted by atomic mass is 9.69. The van der Waals surface area contributed by atoms with Crippen LogP contribution in [0.3, 0.4) is 0 Å². The zero-order valence-corrected chi connectivity index (χ0v) is 23.8. The van der Waals surface area contributed by atoms with Gasteiger partial charge in [0.15, 0.2) is 0 Å². The molecule has 0 aromatic carbocycles. The minimum Gasteiger partial charge on any atom is -0.380 e. The van der Waals surface area contributed by atoms with Crippen molar-refractivity contribution in [1.82, 2.24) is 31.5 Å². The number of nitrogens with one attached hydrogen (secondary N) is 5. The summed E-state index contributed by atoms with van der Waals surface area (Å²) in [4.78, 5) is 28.3. The number of nitrogens with zero attached hydrogens (tertiary/aromatic N) is 1. The average Bonchev–Trinajstić information content (AvgIpc) is 3.51. The predicted molar refractivity (Wildman–Crippen MR) is 143 cm³/mol. The molecule has 5 N–H and O–H groups in total. The van der Waals surface area contributed by atoms with Gasteiger partial charge in [0.25, 0.3) is 12.9 Å². The van der Waals surface area contributed by atoms with Crippen molar-refractivity contribution in [2.75, 3.05) is 33.3 Å². The molecule has 0 aromatic rings. The van der Waals surface area contributed by atoms with Crippen LogP contribution < -0.4 is 26.6 Å². The number of halogens is 4. The van der Waals surface area contributed by atoms with E-state index in [9.17, 15) is 27.2 Å². The summed E-state index contributed by atoms with van der Waals surface area (Å²) in [7, 11) is 1.59. The molecule has 5 aliphatic heterocycles. The molecule has 5 rings (SSSR count). The molecule has 0 radical (unpaired) electrons. The molecule has 11 atom stereocenters. The van der Waals surface area contributed by atoms with Crippen molar-refractivity contribution in [2.24, 2.45) is 17.8 Å². The van der Waals surface area contributed by atoms with Gasteiger partial charge < -0.3 is 25.6 Å². The second kappa shape index (κ2) is 13.0. The number of piperidine rings is 3. The minimum atomic E-state index is -2.49. The monoisotopic (exact) mass is 594 g/mol. The molecule has 2 amide bonds. The van der Waals surface area contributed by atoms with Crippen molar-refractivity contribution in [3.05, 3.63) is 0 Å². The summed E-state index contributed by atoms with van der Waals surface area (Å²) in [6, 6.07) is -2.28. The zero-order chi connectivity index (χ0) is 28.6. The number of carbonyl (C=O) groups is 2. The van der Waals surface area contributed by atoms with Crippen LogP contribution in [0.15, 0.2) is 0 Å². The van der Waals surface area contributed by atoms with E-state index in [1.165, 1.54) is 0 Å². The molecule has 14 heteroatoms. The number of amides is 2. The lowest BCUT2D eigenvalue weighted by Gasteiger charge is -2.45. The standard InChI is InChI=1S/C26H42F4N6O3S/c1-12-6-13(14-7-18(23(29)30)32-9-20(14)39-2)15(8-31-12)24(37)35-26-34-19-10-36(11-21(19)40-26)25(38)17-5-3-4-16(33-17)22(27)28/h12-23,26,31-34H,3-11H2,1-2H3,(H,35,37). The van der Waals surface area contributed by atoms with Crippen LogP contribution in [0.4, 0.5) is 17.6 Å². The molecule has 5 aliphatic rings.